The van der Waals surface area contributed by atoms with Gasteiger partial charge in [-0.15, -0.1) is 11.8 Å². The smallest absolute Gasteiger partial charge is 0.165 e. The minimum absolute atomic E-state index is 0.153. The Morgan fingerprint density at radius 3 is 2.75 bits per heavy atom. The molecule has 0 saturated carbocycles. The summed E-state index contributed by atoms with van der Waals surface area (Å²) in [4.78, 5) is 2.41. The largest absolute Gasteiger partial charge is 0.504 e. The van der Waals surface area contributed by atoms with E-state index in [-0.39, 0.29) is 28.4 Å². The van der Waals surface area contributed by atoms with Crippen molar-refractivity contribution in [2.45, 2.75) is 65.5 Å². The summed E-state index contributed by atoms with van der Waals surface area (Å²) in [6.45, 7) is 0.478. The monoisotopic (exact) mass is 463 g/mol. The van der Waals surface area contributed by atoms with Crippen LogP contribution in [0.1, 0.15) is 17.5 Å². The lowest BCUT2D eigenvalue weighted by Gasteiger charge is -2.57. The van der Waals surface area contributed by atoms with Crippen LogP contribution in [-0.2, 0) is 16.6 Å². The summed E-state index contributed by atoms with van der Waals surface area (Å²) in [6, 6.07) is 4.08. The maximum atomic E-state index is 10.6. The molecular weight excluding hydrogens is 434 g/mol. The van der Waals surface area contributed by atoms with E-state index in [9.17, 15) is 25.5 Å². The first-order valence-electron chi connectivity index (χ1n) is 11.2. The summed E-state index contributed by atoms with van der Waals surface area (Å²) < 4.78 is 12.3. The highest BCUT2D eigenvalue weighted by molar-refractivity contribution is 8.00. The number of likely N-dealkylation sites (tertiary alicyclic amines) is 1. The van der Waals surface area contributed by atoms with E-state index in [1.165, 1.54) is 17.3 Å². The molecule has 3 aliphatic heterocycles. The van der Waals surface area contributed by atoms with E-state index >= 15 is 0 Å². The standard InChI is InChI=1S/C23H29NO7S/c1-24-7-6-23-11-3-5-15(32-22-19(29)18(28)17(27)14(9-25)30-22)21(23)31-20-13(26)4-2-10(16(20)23)8-12(11)24/h2-5,11-12,14-15,17-19,21-22,25-29H,6-9H2,1H3/t11?,12?,14-,15?,17-,18+,19-,21?,22?,23?/m1/s1. The second-order valence-electron chi connectivity index (χ2n) is 9.74. The summed E-state index contributed by atoms with van der Waals surface area (Å²) in [5, 5.41) is 50.9. The number of likely N-dealkylation sites (N-methyl/N-ethyl adjacent to an activating group) is 1. The van der Waals surface area contributed by atoms with Gasteiger partial charge in [0.05, 0.1) is 11.9 Å². The second-order valence-corrected chi connectivity index (χ2v) is 11.0. The van der Waals surface area contributed by atoms with Crippen LogP contribution in [0.4, 0.5) is 0 Å². The van der Waals surface area contributed by atoms with Crippen LogP contribution < -0.4 is 4.74 Å². The van der Waals surface area contributed by atoms with E-state index in [4.69, 9.17) is 9.47 Å². The minimum Gasteiger partial charge on any atom is -0.504 e. The van der Waals surface area contributed by atoms with Crippen molar-refractivity contribution < 1.29 is 35.0 Å². The zero-order valence-electron chi connectivity index (χ0n) is 17.7. The number of thioether (sulfide) groups is 1. The molecule has 2 bridgehead atoms. The zero-order valence-corrected chi connectivity index (χ0v) is 18.6. The Balaban J connectivity index is 1.38. The van der Waals surface area contributed by atoms with E-state index in [2.05, 4.69) is 24.1 Å². The highest BCUT2D eigenvalue weighted by Crippen LogP contribution is 2.63. The van der Waals surface area contributed by atoms with E-state index in [0.717, 1.165) is 24.9 Å². The summed E-state index contributed by atoms with van der Waals surface area (Å²) in [7, 11) is 2.16. The maximum absolute atomic E-state index is 10.6. The first-order valence-corrected chi connectivity index (χ1v) is 12.2. The van der Waals surface area contributed by atoms with E-state index in [1.807, 2.05) is 6.07 Å². The molecule has 2 fully saturated rings. The number of aliphatic hydroxyl groups is 4. The SMILES string of the molecule is CN1CCC23c4c5ccc(O)c4OC2C(SC2O[C@H](CO)[C@@H](O)[C@H](O)[C@H]2O)C=CC3C1C5. The number of nitrogens with zero attached hydrogens (tertiary/aromatic N) is 1. The van der Waals surface area contributed by atoms with Gasteiger partial charge in [-0.3, -0.25) is 0 Å². The van der Waals surface area contributed by atoms with Crippen molar-refractivity contribution in [3.8, 4) is 11.5 Å². The van der Waals surface area contributed by atoms with Crippen molar-refractivity contribution in [2.75, 3.05) is 20.2 Å². The molecule has 0 amide bonds. The third-order valence-electron chi connectivity index (χ3n) is 8.27. The quantitative estimate of drug-likeness (QED) is 0.386. The Labute approximate surface area is 190 Å². The number of ether oxygens (including phenoxy) is 2. The fourth-order valence-electron chi connectivity index (χ4n) is 6.67. The van der Waals surface area contributed by atoms with Crippen LogP contribution in [0.3, 0.4) is 0 Å². The molecule has 8 nitrogen and oxygen atoms in total. The lowest BCUT2D eigenvalue weighted by atomic mass is 9.53. The molecule has 6 unspecified atom stereocenters. The number of phenolic OH excluding ortho intramolecular Hbond substituents is 1. The lowest BCUT2D eigenvalue weighted by molar-refractivity contribution is -0.205. The van der Waals surface area contributed by atoms with Crippen LogP contribution in [0.2, 0.25) is 0 Å². The highest BCUT2D eigenvalue weighted by atomic mass is 32.2. The van der Waals surface area contributed by atoms with Crippen LogP contribution in [0.25, 0.3) is 0 Å². The van der Waals surface area contributed by atoms with E-state index < -0.39 is 36.5 Å². The number of hydrogen-bond acceptors (Lipinski definition) is 9. The summed E-state index contributed by atoms with van der Waals surface area (Å²) >= 11 is 1.34. The maximum Gasteiger partial charge on any atom is 0.165 e. The van der Waals surface area contributed by atoms with Crippen molar-refractivity contribution in [3.05, 3.63) is 35.4 Å². The normalized spacial score (nSPS) is 46.6. The highest BCUT2D eigenvalue weighted by Gasteiger charge is 2.64. The molecule has 1 spiro atoms. The first-order chi connectivity index (χ1) is 15.4. The van der Waals surface area contributed by atoms with Gasteiger partial charge in [0.1, 0.15) is 36.0 Å². The fourth-order valence-corrected chi connectivity index (χ4v) is 8.13. The topological polar surface area (TPSA) is 123 Å². The van der Waals surface area contributed by atoms with Gasteiger partial charge >= 0.3 is 0 Å². The minimum atomic E-state index is -1.41. The molecule has 9 heteroatoms. The molecule has 5 aliphatic rings. The number of aliphatic hydroxyl groups excluding tert-OH is 4. The Morgan fingerprint density at radius 2 is 1.97 bits per heavy atom. The predicted molar refractivity (Wildman–Crippen MR) is 117 cm³/mol. The fraction of sp³-hybridized carbons (Fsp3) is 0.652. The molecule has 0 radical (unpaired) electrons. The number of hydrogen-bond donors (Lipinski definition) is 5. The van der Waals surface area contributed by atoms with Crippen molar-refractivity contribution >= 4 is 11.8 Å². The molecule has 1 aromatic carbocycles. The molecule has 10 atom stereocenters. The van der Waals surface area contributed by atoms with Gasteiger partial charge in [-0.1, -0.05) is 18.2 Å². The Bertz CT molecular complexity index is 957. The number of aromatic hydroxyl groups is 1. The van der Waals surface area contributed by atoms with Crippen LogP contribution >= 0.6 is 11.8 Å². The number of benzene rings is 1. The van der Waals surface area contributed by atoms with Gasteiger partial charge < -0.3 is 39.9 Å². The Hall–Kier alpha value is -1.33. The van der Waals surface area contributed by atoms with Crippen LogP contribution in [-0.4, -0.2) is 97.9 Å². The molecule has 3 heterocycles. The summed E-state index contributed by atoms with van der Waals surface area (Å²) in [5.41, 5.74) is 1.25. The lowest BCUT2D eigenvalue weighted by Crippen LogP contribution is -2.65. The zero-order chi connectivity index (χ0) is 22.4. The van der Waals surface area contributed by atoms with Gasteiger partial charge in [0.25, 0.3) is 0 Å². The van der Waals surface area contributed by atoms with Gasteiger partial charge in [-0.2, -0.15) is 0 Å². The molecule has 5 N–H and O–H groups in total. The van der Waals surface area contributed by atoms with Crippen molar-refractivity contribution in [1.82, 2.24) is 4.90 Å². The van der Waals surface area contributed by atoms with Crippen molar-refractivity contribution in [1.29, 1.82) is 0 Å². The second kappa shape index (κ2) is 7.33. The van der Waals surface area contributed by atoms with Gasteiger partial charge in [-0.05, 0) is 38.1 Å². The van der Waals surface area contributed by atoms with Gasteiger partial charge in [-0.25, -0.2) is 0 Å². The van der Waals surface area contributed by atoms with Gasteiger partial charge in [0.2, 0.25) is 0 Å². The number of phenols is 1. The van der Waals surface area contributed by atoms with Crippen molar-refractivity contribution in [3.63, 3.8) is 0 Å². The van der Waals surface area contributed by atoms with Gasteiger partial charge in [0.15, 0.2) is 11.5 Å². The molecule has 0 aromatic heterocycles. The molecule has 32 heavy (non-hydrogen) atoms. The first kappa shape index (κ1) is 21.2. The average molecular weight is 464 g/mol. The van der Waals surface area contributed by atoms with Crippen LogP contribution in [0.5, 0.6) is 11.5 Å². The van der Waals surface area contributed by atoms with Crippen LogP contribution in [0, 0.1) is 5.92 Å². The predicted octanol–water partition coefficient (Wildman–Crippen LogP) is -0.261. The molecule has 1 aromatic rings. The Kier molecular flexibility index (Phi) is 4.86. The third kappa shape index (κ3) is 2.67. The average Bonchev–Trinajstić information content (AvgIpc) is 3.14. The molecule has 174 valence electrons. The molecule has 2 aliphatic carbocycles. The summed E-state index contributed by atoms with van der Waals surface area (Å²) in [6.07, 6.45) is 0.880. The number of piperidine rings is 1. The van der Waals surface area contributed by atoms with Gasteiger partial charge in [0, 0.05) is 22.9 Å². The molecule has 6 rings (SSSR count). The third-order valence-corrected chi connectivity index (χ3v) is 9.65. The Morgan fingerprint density at radius 1 is 1.16 bits per heavy atom. The van der Waals surface area contributed by atoms with Crippen LogP contribution in [0.15, 0.2) is 24.3 Å². The number of rotatable bonds is 3. The summed E-state index contributed by atoms with van der Waals surface area (Å²) in [5.74, 6) is 0.984. The van der Waals surface area contributed by atoms with Crippen molar-refractivity contribution in [2.24, 2.45) is 5.92 Å². The van der Waals surface area contributed by atoms with E-state index in [0.29, 0.717) is 11.8 Å². The van der Waals surface area contributed by atoms with E-state index in [1.54, 1.807) is 6.07 Å². The molecular formula is C23H29NO7S. The molecule has 2 saturated heterocycles.